The summed E-state index contributed by atoms with van der Waals surface area (Å²) >= 11 is 0. The summed E-state index contributed by atoms with van der Waals surface area (Å²) in [6.45, 7) is 9.15. The van der Waals surface area contributed by atoms with Crippen molar-refractivity contribution in [2.45, 2.75) is 167 Å². The van der Waals surface area contributed by atoms with Crippen molar-refractivity contribution in [3.63, 3.8) is 0 Å². The summed E-state index contributed by atoms with van der Waals surface area (Å²) in [5.74, 6) is -3.59. The molecule has 4 rings (SSSR count). The Morgan fingerprint density at radius 1 is 0.889 bits per heavy atom. The Labute approximate surface area is 271 Å². The second-order valence-corrected chi connectivity index (χ2v) is 15.6. The minimum absolute atomic E-state index is 0.0818. The highest BCUT2D eigenvalue weighted by Crippen LogP contribution is 2.76. The van der Waals surface area contributed by atoms with Crippen LogP contribution in [0.15, 0.2) is 23.3 Å². The molecule has 0 saturated heterocycles. The van der Waals surface area contributed by atoms with Gasteiger partial charge in [-0.05, 0) is 24.5 Å². The van der Waals surface area contributed by atoms with Crippen LogP contribution in [-0.4, -0.2) is 61.7 Å². The molecule has 0 spiro atoms. The number of unbranched alkanes of at least 4 members (excludes halogenated alkanes) is 14. The molecule has 0 aromatic rings. The number of esters is 1. The third-order valence-electron chi connectivity index (χ3n) is 12.3. The highest BCUT2D eigenvalue weighted by atomic mass is 16.6. The average Bonchev–Trinajstić information content (AvgIpc) is 3.43. The van der Waals surface area contributed by atoms with E-state index < -0.39 is 57.8 Å². The van der Waals surface area contributed by atoms with Gasteiger partial charge in [0, 0.05) is 41.9 Å². The molecule has 4 aliphatic carbocycles. The van der Waals surface area contributed by atoms with E-state index in [0.29, 0.717) is 11.1 Å². The number of Topliss-reactive ketones (excluding diaryl/α,β-unsaturated/α-hetero) is 1. The van der Waals surface area contributed by atoms with Crippen molar-refractivity contribution in [3.8, 4) is 0 Å². The maximum atomic E-state index is 13.2. The molecule has 4 N–H and O–H groups in total. The Balaban J connectivity index is 1.27. The maximum absolute atomic E-state index is 13.2. The number of hydrogen-bond donors (Lipinski definition) is 4. The predicted molar refractivity (Wildman–Crippen MR) is 176 cm³/mol. The van der Waals surface area contributed by atoms with Crippen molar-refractivity contribution in [1.82, 2.24) is 0 Å². The fourth-order valence-corrected chi connectivity index (χ4v) is 9.55. The van der Waals surface area contributed by atoms with E-state index in [9.17, 15) is 30.0 Å². The first-order valence-electron chi connectivity index (χ1n) is 18.2. The molecule has 0 aliphatic heterocycles. The smallest absolute Gasteiger partial charge is 0.306 e. The van der Waals surface area contributed by atoms with Crippen molar-refractivity contribution in [3.05, 3.63) is 23.3 Å². The van der Waals surface area contributed by atoms with Crippen LogP contribution in [0, 0.1) is 29.1 Å². The molecule has 0 aromatic heterocycles. The third kappa shape index (κ3) is 6.62. The zero-order chi connectivity index (χ0) is 33.0. The summed E-state index contributed by atoms with van der Waals surface area (Å²) < 4.78 is 6.22. The Bertz CT molecular complexity index is 1110. The predicted octanol–water partition coefficient (Wildman–Crippen LogP) is 6.74. The fourth-order valence-electron chi connectivity index (χ4n) is 9.55. The van der Waals surface area contributed by atoms with Gasteiger partial charge in [-0.2, -0.15) is 0 Å². The van der Waals surface area contributed by atoms with Gasteiger partial charge in [-0.1, -0.05) is 130 Å². The summed E-state index contributed by atoms with van der Waals surface area (Å²) in [7, 11) is 0. The summed E-state index contributed by atoms with van der Waals surface area (Å²) in [4.78, 5) is 26.3. The average molecular weight is 631 g/mol. The molecule has 7 nitrogen and oxygen atoms in total. The second-order valence-electron chi connectivity index (χ2n) is 15.6. The lowest BCUT2D eigenvalue weighted by molar-refractivity contribution is -0.219. The zero-order valence-corrected chi connectivity index (χ0v) is 28.8. The number of aliphatic hydroxyl groups excluding tert-OH is 2. The van der Waals surface area contributed by atoms with Crippen LogP contribution in [-0.2, 0) is 14.3 Å². The quantitative estimate of drug-likeness (QED) is 0.0751. The molecule has 256 valence electrons. The Morgan fingerprint density at radius 3 is 1.91 bits per heavy atom. The van der Waals surface area contributed by atoms with Crippen LogP contribution in [0.5, 0.6) is 0 Å². The fraction of sp³-hybridized carbons (Fsp3) is 0.842. The minimum atomic E-state index is -1.89. The lowest BCUT2D eigenvalue weighted by Crippen LogP contribution is -2.65. The molecule has 8 atom stereocenters. The number of fused-ring (bicyclic) bond motifs is 5. The Kier molecular flexibility index (Phi) is 11.9. The monoisotopic (exact) mass is 630 g/mol. The van der Waals surface area contributed by atoms with E-state index in [1.54, 1.807) is 26.0 Å². The molecular weight excluding hydrogens is 568 g/mol. The summed E-state index contributed by atoms with van der Waals surface area (Å²) in [5.41, 5.74) is -4.54. The van der Waals surface area contributed by atoms with Crippen molar-refractivity contribution in [2.75, 3.05) is 6.61 Å². The Morgan fingerprint density at radius 2 is 1.40 bits per heavy atom. The molecule has 0 unspecified atom stereocenters. The van der Waals surface area contributed by atoms with Gasteiger partial charge >= 0.3 is 5.97 Å². The number of rotatable bonds is 18. The normalized spacial score (nSPS) is 36.4. The number of ketones is 1. The van der Waals surface area contributed by atoms with Gasteiger partial charge in [0.25, 0.3) is 0 Å². The summed E-state index contributed by atoms with van der Waals surface area (Å²) in [6.07, 6.45) is 21.2. The van der Waals surface area contributed by atoms with Crippen LogP contribution in [0.25, 0.3) is 0 Å². The molecule has 0 aromatic carbocycles. The molecule has 0 bridgehead atoms. The molecule has 0 radical (unpaired) electrons. The van der Waals surface area contributed by atoms with Crippen LogP contribution in [0.2, 0.25) is 0 Å². The first-order chi connectivity index (χ1) is 21.3. The number of aliphatic hydroxyl groups is 4. The van der Waals surface area contributed by atoms with Crippen molar-refractivity contribution in [2.24, 2.45) is 29.1 Å². The van der Waals surface area contributed by atoms with E-state index >= 15 is 0 Å². The van der Waals surface area contributed by atoms with Gasteiger partial charge in [-0.15, -0.1) is 0 Å². The topological polar surface area (TPSA) is 124 Å². The largest absolute Gasteiger partial charge is 0.455 e. The van der Waals surface area contributed by atoms with E-state index in [4.69, 9.17) is 4.74 Å². The van der Waals surface area contributed by atoms with Gasteiger partial charge in [0.15, 0.2) is 5.78 Å². The lowest BCUT2D eigenvalue weighted by atomic mass is 9.59. The van der Waals surface area contributed by atoms with E-state index in [0.717, 1.165) is 19.3 Å². The highest BCUT2D eigenvalue weighted by Gasteiger charge is 2.86. The molecule has 45 heavy (non-hydrogen) atoms. The van der Waals surface area contributed by atoms with Gasteiger partial charge in [0.1, 0.15) is 11.2 Å². The number of ether oxygens (including phenoxy) is 1. The molecule has 2 saturated carbocycles. The standard InChI is InChI=1S/C38H62O7/c1-6-7-8-9-10-11-12-13-14-15-16-17-18-19-20-21-31(40)45-38-32(35(38,4)5)29-23-28(25-39)24-36(43)30(22-26(2)33(36)41)37(29,44)27(3)34(38)42/h22-23,27,29-30,32,34,39,42-44H,6-21,24-25H2,1-5H3/t27-,29+,30-,32-,34-,36-,37-,38-/m1/s1. The Hall–Kier alpha value is -1.54. The van der Waals surface area contributed by atoms with Gasteiger partial charge in [-0.3, -0.25) is 9.59 Å². The van der Waals surface area contributed by atoms with E-state index in [-0.39, 0.29) is 25.4 Å². The molecular formula is C38H62O7. The minimum Gasteiger partial charge on any atom is -0.455 e. The SMILES string of the molecule is CCCCCCCCCCCCCCCCCC(=O)O[C@@]12[C@H](O)[C@@H](C)[C@@]3(O)[C@@H](C=C(CO)C[C@]4(O)C(=O)C(C)=C[C@@H]34)[C@@H]1C2(C)C. The zero-order valence-electron chi connectivity index (χ0n) is 28.8. The van der Waals surface area contributed by atoms with Crippen LogP contribution in [0.4, 0.5) is 0 Å². The molecule has 2 fully saturated rings. The lowest BCUT2D eigenvalue weighted by Gasteiger charge is -2.52. The summed E-state index contributed by atoms with van der Waals surface area (Å²) in [5, 5.41) is 46.1. The van der Waals surface area contributed by atoms with Crippen LogP contribution >= 0.6 is 0 Å². The third-order valence-corrected chi connectivity index (χ3v) is 12.3. The molecule has 0 heterocycles. The van der Waals surface area contributed by atoms with Gasteiger partial charge in [0.2, 0.25) is 0 Å². The number of hydrogen-bond acceptors (Lipinski definition) is 7. The number of carbonyl (C=O) groups is 2. The van der Waals surface area contributed by atoms with Gasteiger partial charge in [-0.25, -0.2) is 0 Å². The second kappa shape index (κ2) is 14.7. The van der Waals surface area contributed by atoms with Crippen LogP contribution in [0.3, 0.4) is 0 Å². The van der Waals surface area contributed by atoms with E-state index in [2.05, 4.69) is 6.92 Å². The number of carbonyl (C=O) groups excluding carboxylic acids is 2. The van der Waals surface area contributed by atoms with Crippen molar-refractivity contribution >= 4 is 11.8 Å². The molecule has 7 heteroatoms. The van der Waals surface area contributed by atoms with Gasteiger partial charge in [0.05, 0.1) is 18.3 Å². The first kappa shape index (κ1) is 36.3. The van der Waals surface area contributed by atoms with Gasteiger partial charge < -0.3 is 25.2 Å². The van der Waals surface area contributed by atoms with E-state index in [1.165, 1.54) is 77.0 Å². The molecule has 4 aliphatic rings. The summed E-state index contributed by atoms with van der Waals surface area (Å²) in [6, 6.07) is 0. The van der Waals surface area contributed by atoms with E-state index in [1.807, 2.05) is 13.8 Å². The molecule has 0 amide bonds. The first-order valence-corrected chi connectivity index (χ1v) is 18.2. The maximum Gasteiger partial charge on any atom is 0.306 e. The van der Waals surface area contributed by atoms with Crippen LogP contribution in [0.1, 0.15) is 144 Å². The van der Waals surface area contributed by atoms with Crippen molar-refractivity contribution in [1.29, 1.82) is 0 Å². The van der Waals surface area contributed by atoms with Crippen LogP contribution < -0.4 is 0 Å². The van der Waals surface area contributed by atoms with Crippen molar-refractivity contribution < 1.29 is 34.8 Å². The highest BCUT2D eigenvalue weighted by molar-refractivity contribution is 6.04.